The van der Waals surface area contributed by atoms with Crippen molar-refractivity contribution in [2.75, 3.05) is 19.6 Å². The lowest BCUT2D eigenvalue weighted by molar-refractivity contribution is -0.121. The Labute approximate surface area is 266 Å². The molecule has 2 aliphatic rings. The molecule has 0 spiro atoms. The van der Waals surface area contributed by atoms with Gasteiger partial charge in [0.2, 0.25) is 5.91 Å². The van der Waals surface area contributed by atoms with E-state index in [9.17, 15) is 9.00 Å². The highest BCUT2D eigenvalue weighted by Gasteiger charge is 2.12. The molecule has 2 aliphatic carbocycles. The second-order valence-electron chi connectivity index (χ2n) is 9.79. The van der Waals surface area contributed by atoms with E-state index in [0.717, 1.165) is 19.0 Å². The first-order chi connectivity index (χ1) is 21.0. The smallest absolute Gasteiger partial charge is 0.220 e. The third-order valence-corrected chi connectivity index (χ3v) is 7.56. The SMILES string of the molecule is C=C1CCCCC1.CC.CC.CC/C=C/CNC1CCCC1.NN/C=C(\N)CCC(=O)NCCNS(=O)c1ccccc1. The van der Waals surface area contributed by atoms with Gasteiger partial charge in [0.05, 0.1) is 4.90 Å². The third-order valence-electron chi connectivity index (χ3n) is 6.39. The molecule has 8 nitrogen and oxygen atoms in total. The molecule has 0 saturated heterocycles. The Bertz CT molecular complexity index is 863. The lowest BCUT2D eigenvalue weighted by atomic mass is 9.97. The zero-order chi connectivity index (χ0) is 32.6. The highest BCUT2D eigenvalue weighted by molar-refractivity contribution is 7.83. The first-order valence-corrected chi connectivity index (χ1v) is 17.5. The first-order valence-electron chi connectivity index (χ1n) is 16.4. The minimum Gasteiger partial charge on any atom is -0.401 e. The van der Waals surface area contributed by atoms with Gasteiger partial charge in [-0.25, -0.2) is 8.93 Å². The number of carbonyl (C=O) groups excluding carboxylic acids is 1. The van der Waals surface area contributed by atoms with E-state index in [4.69, 9.17) is 11.6 Å². The molecule has 0 heterocycles. The van der Waals surface area contributed by atoms with E-state index in [2.05, 4.69) is 46.4 Å². The lowest BCUT2D eigenvalue weighted by Gasteiger charge is -2.10. The molecule has 9 heteroatoms. The first kappa shape index (κ1) is 42.7. The normalized spacial score (nSPS) is 15.3. The van der Waals surface area contributed by atoms with Crippen molar-refractivity contribution in [2.45, 2.75) is 123 Å². The lowest BCUT2D eigenvalue weighted by Crippen LogP contribution is -2.32. The maximum Gasteiger partial charge on any atom is 0.220 e. The van der Waals surface area contributed by atoms with Crippen molar-refractivity contribution < 1.29 is 9.00 Å². The molecule has 1 atom stereocenters. The molecule has 1 unspecified atom stereocenters. The second kappa shape index (κ2) is 32.5. The van der Waals surface area contributed by atoms with Crippen LogP contribution in [-0.4, -0.2) is 35.8 Å². The van der Waals surface area contributed by atoms with Gasteiger partial charge < -0.3 is 21.8 Å². The largest absolute Gasteiger partial charge is 0.401 e. The van der Waals surface area contributed by atoms with Crippen LogP contribution in [0.3, 0.4) is 0 Å². The van der Waals surface area contributed by atoms with Crippen molar-refractivity contribution in [2.24, 2.45) is 11.6 Å². The number of benzene rings is 1. The minimum absolute atomic E-state index is 0.115. The average molecular weight is 621 g/mol. The summed E-state index contributed by atoms with van der Waals surface area (Å²) in [5.74, 6) is 4.95. The van der Waals surface area contributed by atoms with Gasteiger partial charge in [0.25, 0.3) is 0 Å². The molecule has 2 saturated carbocycles. The molecule has 1 aromatic rings. The Hall–Kier alpha value is -2.46. The number of hydrazine groups is 1. The molecule has 2 fully saturated rings. The molecule has 0 bridgehead atoms. The van der Waals surface area contributed by atoms with Crippen LogP contribution >= 0.6 is 0 Å². The quantitative estimate of drug-likeness (QED) is 0.0645. The summed E-state index contributed by atoms with van der Waals surface area (Å²) in [6.07, 6.45) is 20.2. The fourth-order valence-electron chi connectivity index (χ4n) is 4.16. The van der Waals surface area contributed by atoms with Crippen LogP contribution < -0.4 is 32.4 Å². The maximum absolute atomic E-state index is 11.8. The van der Waals surface area contributed by atoms with Crippen LogP contribution in [0.25, 0.3) is 0 Å². The third kappa shape index (κ3) is 26.9. The van der Waals surface area contributed by atoms with Crippen molar-refractivity contribution in [3.05, 3.63) is 66.5 Å². The zero-order valence-corrected chi connectivity index (χ0v) is 28.7. The van der Waals surface area contributed by atoms with Crippen LogP contribution in [0.15, 0.2) is 71.4 Å². The van der Waals surface area contributed by atoms with E-state index in [1.165, 1.54) is 69.6 Å². The molecule has 1 amide bonds. The summed E-state index contributed by atoms with van der Waals surface area (Å²) < 4.78 is 14.7. The number of hydrogen-bond donors (Lipinski definition) is 6. The Kier molecular flexibility index (Phi) is 32.2. The summed E-state index contributed by atoms with van der Waals surface area (Å²) >= 11 is 0. The van der Waals surface area contributed by atoms with Crippen molar-refractivity contribution >= 4 is 16.9 Å². The maximum atomic E-state index is 11.8. The molecule has 8 N–H and O–H groups in total. The van der Waals surface area contributed by atoms with Gasteiger partial charge >= 0.3 is 0 Å². The number of allylic oxidation sites excluding steroid dienone is 3. The highest BCUT2D eigenvalue weighted by atomic mass is 32.2. The van der Waals surface area contributed by atoms with Gasteiger partial charge in [0, 0.05) is 44.0 Å². The fraction of sp³-hybridized carbons (Fsp3) is 0.618. The van der Waals surface area contributed by atoms with E-state index in [-0.39, 0.29) is 12.3 Å². The van der Waals surface area contributed by atoms with Gasteiger partial charge in [-0.3, -0.25) is 10.6 Å². The number of nitrogens with two attached hydrogens (primary N) is 2. The molecule has 0 aliphatic heterocycles. The summed E-state index contributed by atoms with van der Waals surface area (Å²) in [6, 6.07) is 9.89. The number of carbonyl (C=O) groups is 1. The monoisotopic (exact) mass is 620 g/mol. The number of hydrogen-bond acceptors (Lipinski definition) is 6. The number of rotatable bonds is 13. The van der Waals surface area contributed by atoms with Crippen molar-refractivity contribution in [1.29, 1.82) is 0 Å². The van der Waals surface area contributed by atoms with Crippen LogP contribution in [-0.2, 0) is 15.8 Å². The zero-order valence-electron chi connectivity index (χ0n) is 27.9. The second-order valence-corrected chi connectivity index (χ2v) is 11.1. The predicted octanol–water partition coefficient (Wildman–Crippen LogP) is 6.50. The van der Waals surface area contributed by atoms with Crippen LogP contribution in [0, 0.1) is 0 Å². The highest BCUT2D eigenvalue weighted by Crippen LogP contribution is 2.20. The van der Waals surface area contributed by atoms with Crippen LogP contribution in [0.5, 0.6) is 0 Å². The minimum atomic E-state index is -1.26. The van der Waals surface area contributed by atoms with E-state index in [1.807, 2.05) is 45.9 Å². The molecule has 248 valence electrons. The molecule has 43 heavy (non-hydrogen) atoms. The summed E-state index contributed by atoms with van der Waals surface area (Å²) in [4.78, 5) is 12.2. The van der Waals surface area contributed by atoms with Crippen molar-refractivity contribution in [1.82, 2.24) is 20.8 Å². The van der Waals surface area contributed by atoms with Gasteiger partial charge in [0.1, 0.15) is 11.0 Å². The molecular formula is C34H64N6O2S. The molecule has 0 radical (unpaired) electrons. The summed E-state index contributed by atoms with van der Waals surface area (Å²) in [5.41, 5.74) is 9.86. The standard InChI is InChI=1S/C13H21N5O2S.C10H19N.C7H12.2C2H6/c14-11(10-17-15)6-7-13(19)16-8-9-18-21(20)12-4-2-1-3-5-12;1-2-3-6-9-11-10-7-4-5-8-10;1-7-5-3-2-4-6-7;2*1-2/h1-5,10,17-18H,6-9,14-15H2,(H,16,19);3,6,10-11H,2,4-5,7-9H2,1H3;1-6H2;2*1-2H3/b11-10-;6-3+;;;. The molecular weight excluding hydrogens is 556 g/mol. The van der Waals surface area contributed by atoms with Crippen molar-refractivity contribution in [3.63, 3.8) is 0 Å². The van der Waals surface area contributed by atoms with Gasteiger partial charge in [-0.1, -0.05) is 96.4 Å². The molecule has 0 aromatic heterocycles. The van der Waals surface area contributed by atoms with Gasteiger partial charge in [-0.05, 0) is 63.5 Å². The molecule has 1 aromatic carbocycles. The van der Waals surface area contributed by atoms with E-state index in [1.54, 1.807) is 12.1 Å². The van der Waals surface area contributed by atoms with Crippen LogP contribution in [0.1, 0.15) is 112 Å². The summed E-state index contributed by atoms with van der Waals surface area (Å²) in [6.45, 7) is 16.0. The Balaban J connectivity index is 0. The van der Waals surface area contributed by atoms with Crippen LogP contribution in [0.2, 0.25) is 0 Å². The van der Waals surface area contributed by atoms with Crippen LogP contribution in [0.4, 0.5) is 0 Å². The topological polar surface area (TPSA) is 134 Å². The van der Waals surface area contributed by atoms with Crippen molar-refractivity contribution in [3.8, 4) is 0 Å². The predicted molar refractivity (Wildman–Crippen MR) is 187 cm³/mol. The number of amides is 1. The Morgan fingerprint density at radius 3 is 2.12 bits per heavy atom. The van der Waals surface area contributed by atoms with Gasteiger partial charge in [-0.2, -0.15) is 0 Å². The number of nitrogens with one attached hydrogen (secondary N) is 4. The van der Waals surface area contributed by atoms with E-state index < -0.39 is 11.0 Å². The van der Waals surface area contributed by atoms with Gasteiger partial charge in [0.15, 0.2) is 0 Å². The Morgan fingerprint density at radius 2 is 1.58 bits per heavy atom. The average Bonchev–Trinajstić information content (AvgIpc) is 3.58. The fourth-order valence-corrected chi connectivity index (χ4v) is 5.02. The van der Waals surface area contributed by atoms with E-state index in [0.29, 0.717) is 30.1 Å². The van der Waals surface area contributed by atoms with Gasteiger partial charge in [-0.15, -0.1) is 0 Å². The molecule has 3 rings (SSSR count). The Morgan fingerprint density at radius 1 is 0.953 bits per heavy atom. The van der Waals surface area contributed by atoms with E-state index >= 15 is 0 Å². The summed E-state index contributed by atoms with van der Waals surface area (Å²) in [5, 5.41) is 6.25. The summed E-state index contributed by atoms with van der Waals surface area (Å²) in [7, 11) is -1.26.